The maximum atomic E-state index is 12.8. The van der Waals surface area contributed by atoms with Gasteiger partial charge in [-0.05, 0) is 37.3 Å². The molecule has 0 aliphatic rings. The number of fused-ring (bicyclic) bond motifs is 1. The van der Waals surface area contributed by atoms with Gasteiger partial charge in [0, 0.05) is 24.7 Å². The molecule has 3 aromatic heterocycles. The summed E-state index contributed by atoms with van der Waals surface area (Å²) >= 11 is 0. The predicted octanol–water partition coefficient (Wildman–Crippen LogP) is 4.07. The van der Waals surface area contributed by atoms with Gasteiger partial charge in [-0.1, -0.05) is 24.3 Å². The highest BCUT2D eigenvalue weighted by atomic mass is 16.4. The number of carbonyl (C=O) groups is 1. The van der Waals surface area contributed by atoms with Crippen LogP contribution in [0.15, 0.2) is 80.5 Å². The normalized spacial score (nSPS) is 12.2. The first-order chi connectivity index (χ1) is 13.5. The summed E-state index contributed by atoms with van der Waals surface area (Å²) in [5.41, 5.74) is 0.668. The number of nitrogens with zero attached hydrogens (tertiary/aromatic N) is 2. The van der Waals surface area contributed by atoms with Crippen LogP contribution in [0.4, 0.5) is 0 Å². The van der Waals surface area contributed by atoms with Crippen molar-refractivity contribution in [1.29, 1.82) is 0 Å². The van der Waals surface area contributed by atoms with Crippen molar-refractivity contribution in [2.24, 2.45) is 0 Å². The number of hydrogen-bond donors (Lipinski definition) is 0. The van der Waals surface area contributed by atoms with E-state index in [1.807, 2.05) is 37.3 Å². The molecule has 0 spiro atoms. The fourth-order valence-electron chi connectivity index (χ4n) is 3.09. The van der Waals surface area contributed by atoms with Crippen molar-refractivity contribution in [3.63, 3.8) is 0 Å². The Balaban J connectivity index is 1.51. The van der Waals surface area contributed by atoms with Gasteiger partial charge in [-0.3, -0.25) is 9.59 Å². The number of hydrogen-bond acceptors (Lipinski definition) is 4. The molecule has 1 aromatic carbocycles. The van der Waals surface area contributed by atoms with Crippen LogP contribution < -0.4 is 5.56 Å². The highest BCUT2D eigenvalue weighted by Gasteiger charge is 2.24. The van der Waals surface area contributed by atoms with Gasteiger partial charge in [-0.2, -0.15) is 0 Å². The first-order valence-corrected chi connectivity index (χ1v) is 9.03. The molecule has 0 aliphatic carbocycles. The lowest BCUT2D eigenvalue weighted by atomic mass is 10.2. The van der Waals surface area contributed by atoms with Crippen LogP contribution >= 0.6 is 0 Å². The summed E-state index contributed by atoms with van der Waals surface area (Å²) < 4.78 is 13.1. The Bertz CT molecular complexity index is 1150. The van der Waals surface area contributed by atoms with E-state index < -0.39 is 0 Å². The highest BCUT2D eigenvalue weighted by Crippen LogP contribution is 2.27. The minimum Gasteiger partial charge on any atom is -0.459 e. The lowest BCUT2D eigenvalue weighted by Crippen LogP contribution is -2.29. The monoisotopic (exact) mass is 376 g/mol. The lowest BCUT2D eigenvalue weighted by molar-refractivity contribution is 0.0693. The van der Waals surface area contributed by atoms with E-state index in [0.717, 1.165) is 11.0 Å². The second kappa shape index (κ2) is 7.23. The van der Waals surface area contributed by atoms with Gasteiger partial charge in [0.1, 0.15) is 17.1 Å². The maximum Gasteiger partial charge on any atom is 0.289 e. The van der Waals surface area contributed by atoms with Gasteiger partial charge in [-0.15, -0.1) is 0 Å². The van der Waals surface area contributed by atoms with Crippen LogP contribution in [0.5, 0.6) is 0 Å². The fraction of sp³-hybridized carbons (Fsp3) is 0.182. The third-order valence-electron chi connectivity index (χ3n) is 4.86. The topological polar surface area (TPSA) is 68.6 Å². The number of rotatable bonds is 5. The van der Waals surface area contributed by atoms with Crippen LogP contribution in [0.25, 0.3) is 11.0 Å². The Morgan fingerprint density at radius 2 is 1.86 bits per heavy atom. The Labute approximate surface area is 161 Å². The maximum absolute atomic E-state index is 12.8. The highest BCUT2D eigenvalue weighted by molar-refractivity contribution is 5.91. The molecule has 1 amide bonds. The number of carbonyl (C=O) groups excluding carboxylic acids is 1. The largest absolute Gasteiger partial charge is 0.459 e. The summed E-state index contributed by atoms with van der Waals surface area (Å²) in [5, 5.41) is 0.999. The molecule has 6 nitrogen and oxygen atoms in total. The van der Waals surface area contributed by atoms with Crippen LogP contribution in [0.2, 0.25) is 0 Å². The molecular formula is C22H20N2O4. The summed E-state index contributed by atoms with van der Waals surface area (Å²) in [6.07, 6.45) is 1.68. The van der Waals surface area contributed by atoms with E-state index in [4.69, 9.17) is 8.83 Å². The average Bonchev–Trinajstić information content (AvgIpc) is 3.35. The summed E-state index contributed by atoms with van der Waals surface area (Å²) in [6.45, 7) is 2.18. The SMILES string of the molecule is CC(c1cc2ccccc2o1)N(C)C(=O)c1ccc(Cn2ccccc2=O)o1. The molecule has 0 saturated heterocycles. The van der Waals surface area contributed by atoms with Crippen LogP contribution in [0, 0.1) is 0 Å². The Hall–Kier alpha value is -3.54. The van der Waals surface area contributed by atoms with Crippen LogP contribution in [0.3, 0.4) is 0 Å². The molecule has 6 heteroatoms. The lowest BCUT2D eigenvalue weighted by Gasteiger charge is -2.22. The van der Waals surface area contributed by atoms with Crippen molar-refractivity contribution < 1.29 is 13.6 Å². The molecule has 4 rings (SSSR count). The summed E-state index contributed by atoms with van der Waals surface area (Å²) in [5.74, 6) is 1.23. The smallest absolute Gasteiger partial charge is 0.289 e. The Kier molecular flexibility index (Phi) is 4.61. The molecule has 28 heavy (non-hydrogen) atoms. The number of furan rings is 2. The molecule has 0 bridgehead atoms. The first-order valence-electron chi connectivity index (χ1n) is 9.03. The Morgan fingerprint density at radius 3 is 2.64 bits per heavy atom. The predicted molar refractivity (Wildman–Crippen MR) is 105 cm³/mol. The zero-order valence-corrected chi connectivity index (χ0v) is 15.7. The molecule has 0 aliphatic heterocycles. The molecule has 1 unspecified atom stereocenters. The standard InChI is InChI=1S/C22H20N2O4/c1-15(20-13-16-7-3-4-8-18(16)28-20)23(2)22(26)19-11-10-17(27-19)14-24-12-6-5-9-21(24)25/h3-13,15H,14H2,1-2H3. The number of pyridine rings is 1. The van der Waals surface area contributed by atoms with Crippen molar-refractivity contribution in [3.8, 4) is 0 Å². The van der Waals surface area contributed by atoms with E-state index >= 15 is 0 Å². The van der Waals surface area contributed by atoms with Crippen molar-refractivity contribution >= 4 is 16.9 Å². The third kappa shape index (κ3) is 3.36. The van der Waals surface area contributed by atoms with Gasteiger partial charge in [0.2, 0.25) is 0 Å². The van der Waals surface area contributed by atoms with Crippen molar-refractivity contribution in [1.82, 2.24) is 9.47 Å². The van der Waals surface area contributed by atoms with E-state index in [2.05, 4.69) is 0 Å². The van der Waals surface area contributed by atoms with Crippen molar-refractivity contribution in [2.75, 3.05) is 7.05 Å². The molecule has 1 atom stereocenters. The molecule has 4 aromatic rings. The molecule has 3 heterocycles. The van der Waals surface area contributed by atoms with Gasteiger partial charge in [0.25, 0.3) is 11.5 Å². The zero-order valence-electron chi connectivity index (χ0n) is 15.7. The van der Waals surface area contributed by atoms with Crippen molar-refractivity contribution in [3.05, 3.63) is 94.5 Å². The fourth-order valence-corrected chi connectivity index (χ4v) is 3.09. The quantitative estimate of drug-likeness (QED) is 0.527. The van der Waals surface area contributed by atoms with Crippen LogP contribution in [-0.2, 0) is 6.54 Å². The Morgan fingerprint density at radius 1 is 1.07 bits per heavy atom. The molecular weight excluding hydrogens is 356 g/mol. The van der Waals surface area contributed by atoms with E-state index in [-0.39, 0.29) is 29.8 Å². The number of benzene rings is 1. The average molecular weight is 376 g/mol. The minimum absolute atomic E-state index is 0.123. The van der Waals surface area contributed by atoms with Gasteiger partial charge in [-0.25, -0.2) is 0 Å². The van der Waals surface area contributed by atoms with Gasteiger partial charge < -0.3 is 18.3 Å². The number of aromatic nitrogens is 1. The molecule has 0 N–H and O–H groups in total. The summed E-state index contributed by atoms with van der Waals surface area (Å²) in [7, 11) is 1.71. The second-order valence-electron chi connectivity index (χ2n) is 6.71. The van der Waals surface area contributed by atoms with E-state index in [9.17, 15) is 9.59 Å². The number of amides is 1. The second-order valence-corrected chi connectivity index (χ2v) is 6.71. The molecule has 0 saturated carbocycles. The minimum atomic E-state index is -0.259. The zero-order chi connectivity index (χ0) is 19.7. The molecule has 0 fully saturated rings. The number of para-hydroxylation sites is 1. The van der Waals surface area contributed by atoms with Crippen LogP contribution in [0.1, 0.15) is 35.0 Å². The van der Waals surface area contributed by atoms with Crippen molar-refractivity contribution in [2.45, 2.75) is 19.5 Å². The molecule has 0 radical (unpaired) electrons. The summed E-state index contributed by atoms with van der Waals surface area (Å²) in [4.78, 5) is 26.2. The van der Waals surface area contributed by atoms with E-state index in [1.54, 1.807) is 42.4 Å². The van der Waals surface area contributed by atoms with Gasteiger partial charge in [0.05, 0.1) is 12.6 Å². The van der Waals surface area contributed by atoms with E-state index in [1.165, 1.54) is 10.6 Å². The van der Waals surface area contributed by atoms with E-state index in [0.29, 0.717) is 11.5 Å². The summed E-state index contributed by atoms with van der Waals surface area (Å²) in [6, 6.07) is 17.7. The van der Waals surface area contributed by atoms with Gasteiger partial charge >= 0.3 is 0 Å². The molecule has 142 valence electrons. The third-order valence-corrected chi connectivity index (χ3v) is 4.86. The van der Waals surface area contributed by atoms with Gasteiger partial charge in [0.15, 0.2) is 5.76 Å². The van der Waals surface area contributed by atoms with Crippen LogP contribution in [-0.4, -0.2) is 22.4 Å². The first kappa shape index (κ1) is 17.9.